The summed E-state index contributed by atoms with van der Waals surface area (Å²) in [5.41, 5.74) is 1.93. The fraction of sp³-hybridized carbons (Fsp3) is 0.300. The Morgan fingerprint density at radius 1 is 1.21 bits per heavy atom. The number of methoxy groups -OCH3 is 1. The summed E-state index contributed by atoms with van der Waals surface area (Å²) in [5, 5.41) is 13.6. The number of nitro benzene ring substituents is 1. The van der Waals surface area contributed by atoms with Crippen LogP contribution in [0.2, 0.25) is 0 Å². The molecule has 2 aromatic carbocycles. The molecular weight excluding hydrogens is 396 g/mol. The zero-order valence-electron chi connectivity index (χ0n) is 16.3. The lowest BCUT2D eigenvalue weighted by molar-refractivity contribution is -0.384. The van der Waals surface area contributed by atoms with Crippen molar-refractivity contribution in [1.29, 1.82) is 0 Å². The van der Waals surface area contributed by atoms with Crippen LogP contribution < -0.4 is 10.1 Å². The second-order valence-electron chi connectivity index (χ2n) is 6.24. The highest BCUT2D eigenvalue weighted by atomic mass is 32.2. The van der Waals surface area contributed by atoms with Gasteiger partial charge in [-0.25, -0.2) is 0 Å². The molecule has 0 radical (unpaired) electrons. The van der Waals surface area contributed by atoms with Gasteiger partial charge in [-0.15, -0.1) is 11.8 Å². The largest absolute Gasteiger partial charge is 0.496 e. The second kappa shape index (κ2) is 10.5. The molecule has 2 rings (SSSR count). The third-order valence-corrected chi connectivity index (χ3v) is 4.92. The summed E-state index contributed by atoms with van der Waals surface area (Å²) >= 11 is 1.38. The number of aryl methyl sites for hydroxylation is 1. The smallest absolute Gasteiger partial charge is 0.316 e. The standard InChI is InChI=1S/C20H22N2O6S/c1-13-4-6-15(7-5-13)11-29-12-19(23)28-14(2)20(24)21-17-9-8-16(27-3)10-18(17)22(25)26/h4-10,14H,11-12H2,1-3H3,(H,21,24)/t14-/m1/s1. The van der Waals surface area contributed by atoms with Crippen molar-refractivity contribution in [1.82, 2.24) is 0 Å². The highest BCUT2D eigenvalue weighted by Gasteiger charge is 2.22. The number of hydrogen-bond donors (Lipinski definition) is 1. The number of nitrogens with zero attached hydrogens (tertiary/aromatic N) is 1. The molecule has 0 saturated heterocycles. The van der Waals surface area contributed by atoms with Crippen LogP contribution in [0.4, 0.5) is 11.4 Å². The Kier molecular flexibility index (Phi) is 8.02. The number of carbonyl (C=O) groups excluding carboxylic acids is 2. The fourth-order valence-corrected chi connectivity index (χ4v) is 3.12. The predicted molar refractivity (Wildman–Crippen MR) is 111 cm³/mol. The number of ether oxygens (including phenoxy) is 2. The molecule has 0 aliphatic rings. The van der Waals surface area contributed by atoms with Crippen LogP contribution in [-0.2, 0) is 20.1 Å². The summed E-state index contributed by atoms with van der Waals surface area (Å²) in [4.78, 5) is 34.8. The van der Waals surface area contributed by atoms with E-state index in [4.69, 9.17) is 9.47 Å². The summed E-state index contributed by atoms with van der Waals surface area (Å²) in [5.74, 6) is -0.161. The van der Waals surface area contributed by atoms with E-state index >= 15 is 0 Å². The first-order chi connectivity index (χ1) is 13.8. The number of hydrogen-bond acceptors (Lipinski definition) is 7. The van der Waals surface area contributed by atoms with E-state index in [2.05, 4.69) is 5.32 Å². The maximum Gasteiger partial charge on any atom is 0.316 e. The summed E-state index contributed by atoms with van der Waals surface area (Å²) in [7, 11) is 1.38. The van der Waals surface area contributed by atoms with Crippen LogP contribution in [0.5, 0.6) is 5.75 Å². The Bertz CT molecular complexity index is 885. The Labute approximate surface area is 172 Å². The Hall–Kier alpha value is -3.07. The number of rotatable bonds is 9. The molecule has 0 saturated carbocycles. The minimum absolute atomic E-state index is 0.00237. The molecule has 0 spiro atoms. The van der Waals surface area contributed by atoms with Gasteiger partial charge in [0.05, 0.1) is 23.9 Å². The van der Waals surface area contributed by atoms with Crippen molar-refractivity contribution < 1.29 is 24.0 Å². The maximum absolute atomic E-state index is 12.3. The topological polar surface area (TPSA) is 108 Å². The number of thioether (sulfide) groups is 1. The number of anilines is 1. The minimum Gasteiger partial charge on any atom is -0.496 e. The van der Waals surface area contributed by atoms with E-state index in [-0.39, 0.29) is 17.1 Å². The van der Waals surface area contributed by atoms with Crippen molar-refractivity contribution in [2.24, 2.45) is 0 Å². The van der Waals surface area contributed by atoms with Crippen LogP contribution in [0.1, 0.15) is 18.1 Å². The third kappa shape index (κ3) is 6.79. The molecule has 0 bridgehead atoms. The lowest BCUT2D eigenvalue weighted by atomic mass is 10.2. The van der Waals surface area contributed by atoms with Crippen LogP contribution in [0.15, 0.2) is 42.5 Å². The molecule has 2 aromatic rings. The maximum atomic E-state index is 12.3. The van der Waals surface area contributed by atoms with Crippen molar-refractivity contribution in [3.8, 4) is 5.75 Å². The van der Waals surface area contributed by atoms with E-state index in [1.54, 1.807) is 0 Å². The molecule has 1 N–H and O–H groups in total. The lowest BCUT2D eigenvalue weighted by Crippen LogP contribution is -2.30. The highest BCUT2D eigenvalue weighted by molar-refractivity contribution is 7.99. The van der Waals surface area contributed by atoms with Crippen LogP contribution in [0.3, 0.4) is 0 Å². The molecule has 9 heteroatoms. The van der Waals surface area contributed by atoms with Crippen molar-refractivity contribution in [2.45, 2.75) is 25.7 Å². The molecule has 0 aliphatic carbocycles. The number of nitro groups is 1. The molecule has 0 aliphatic heterocycles. The molecular formula is C20H22N2O6S. The Balaban J connectivity index is 1.86. The first-order valence-corrected chi connectivity index (χ1v) is 9.91. The van der Waals surface area contributed by atoms with Crippen LogP contribution >= 0.6 is 11.8 Å². The van der Waals surface area contributed by atoms with E-state index in [9.17, 15) is 19.7 Å². The van der Waals surface area contributed by atoms with Crippen molar-refractivity contribution in [3.63, 3.8) is 0 Å². The van der Waals surface area contributed by atoms with Crippen molar-refractivity contribution >= 4 is 35.0 Å². The second-order valence-corrected chi connectivity index (χ2v) is 7.23. The van der Waals surface area contributed by atoms with Gasteiger partial charge in [-0.3, -0.25) is 19.7 Å². The van der Waals surface area contributed by atoms with Crippen LogP contribution in [0, 0.1) is 17.0 Å². The zero-order valence-corrected chi connectivity index (χ0v) is 17.2. The van der Waals surface area contributed by atoms with E-state index < -0.39 is 22.9 Å². The van der Waals surface area contributed by atoms with Gasteiger partial charge < -0.3 is 14.8 Å². The van der Waals surface area contributed by atoms with Gasteiger partial charge in [-0.1, -0.05) is 29.8 Å². The molecule has 29 heavy (non-hydrogen) atoms. The number of nitrogens with one attached hydrogen (secondary N) is 1. The molecule has 8 nitrogen and oxygen atoms in total. The SMILES string of the molecule is COc1ccc(NC(=O)[C@@H](C)OC(=O)CSCc2ccc(C)cc2)c([N+](=O)[O-])c1. The third-order valence-electron chi connectivity index (χ3n) is 3.95. The van der Waals surface area contributed by atoms with Crippen LogP contribution in [-0.4, -0.2) is 35.8 Å². The predicted octanol–water partition coefficient (Wildman–Crippen LogP) is 3.72. The van der Waals surface area contributed by atoms with Gasteiger partial charge in [-0.05, 0) is 31.5 Å². The summed E-state index contributed by atoms with van der Waals surface area (Å²) in [6, 6.07) is 12.0. The van der Waals surface area contributed by atoms with Gasteiger partial charge in [0.2, 0.25) is 0 Å². The normalized spacial score (nSPS) is 11.4. The fourth-order valence-electron chi connectivity index (χ4n) is 2.35. The molecule has 0 heterocycles. The van der Waals surface area contributed by atoms with Crippen LogP contribution in [0.25, 0.3) is 0 Å². The first kappa shape index (κ1) is 22.2. The van der Waals surface area contributed by atoms with Crippen molar-refractivity contribution in [2.75, 3.05) is 18.2 Å². The highest BCUT2D eigenvalue weighted by Crippen LogP contribution is 2.29. The van der Waals surface area contributed by atoms with Gasteiger partial charge in [-0.2, -0.15) is 0 Å². The average molecular weight is 418 g/mol. The monoisotopic (exact) mass is 418 g/mol. The zero-order chi connectivity index (χ0) is 21.4. The van der Waals surface area contributed by atoms with E-state index in [1.165, 1.54) is 44.0 Å². The number of esters is 1. The molecule has 1 amide bonds. The van der Waals surface area contributed by atoms with E-state index in [0.29, 0.717) is 11.5 Å². The van der Waals surface area contributed by atoms with Gasteiger partial charge in [0.15, 0.2) is 6.10 Å². The quantitative estimate of drug-likeness (QED) is 0.376. The van der Waals surface area contributed by atoms with Crippen molar-refractivity contribution in [3.05, 3.63) is 63.7 Å². The van der Waals surface area contributed by atoms with E-state index in [0.717, 1.165) is 11.1 Å². The van der Waals surface area contributed by atoms with E-state index in [1.807, 2.05) is 31.2 Å². The van der Waals surface area contributed by atoms with Gasteiger partial charge >= 0.3 is 5.97 Å². The number of amides is 1. The first-order valence-electron chi connectivity index (χ1n) is 8.76. The molecule has 0 aromatic heterocycles. The molecule has 1 atom stereocenters. The number of benzene rings is 2. The Morgan fingerprint density at radius 2 is 1.90 bits per heavy atom. The summed E-state index contributed by atoms with van der Waals surface area (Å²) in [6.45, 7) is 3.41. The van der Waals surface area contributed by atoms with Gasteiger partial charge in [0, 0.05) is 5.75 Å². The summed E-state index contributed by atoms with van der Waals surface area (Å²) < 4.78 is 10.1. The number of carbonyl (C=O) groups is 2. The van der Waals surface area contributed by atoms with Gasteiger partial charge in [0.1, 0.15) is 11.4 Å². The average Bonchev–Trinajstić information content (AvgIpc) is 2.69. The summed E-state index contributed by atoms with van der Waals surface area (Å²) in [6.07, 6.45) is -1.09. The van der Waals surface area contributed by atoms with Gasteiger partial charge in [0.25, 0.3) is 11.6 Å². The Morgan fingerprint density at radius 3 is 2.52 bits per heavy atom. The molecule has 0 unspecified atom stereocenters. The molecule has 154 valence electrons. The molecule has 0 fully saturated rings. The minimum atomic E-state index is -1.09. The lowest BCUT2D eigenvalue weighted by Gasteiger charge is -2.14.